The van der Waals surface area contributed by atoms with Gasteiger partial charge in [-0.1, -0.05) is 30.4 Å². The van der Waals surface area contributed by atoms with Crippen LogP contribution in [-0.2, 0) is 16.0 Å². The van der Waals surface area contributed by atoms with Crippen LogP contribution in [0.5, 0.6) is 0 Å². The molecule has 1 unspecified atom stereocenters. The third kappa shape index (κ3) is 3.51. The molecule has 0 saturated carbocycles. The van der Waals surface area contributed by atoms with Crippen molar-refractivity contribution in [2.45, 2.75) is 38.6 Å². The van der Waals surface area contributed by atoms with Crippen LogP contribution in [0.3, 0.4) is 0 Å². The van der Waals surface area contributed by atoms with Crippen molar-refractivity contribution in [2.24, 2.45) is 5.92 Å². The third-order valence-electron chi connectivity index (χ3n) is 5.27. The van der Waals surface area contributed by atoms with Gasteiger partial charge in [-0.2, -0.15) is 0 Å². The van der Waals surface area contributed by atoms with Crippen molar-refractivity contribution in [1.29, 1.82) is 0 Å². The van der Waals surface area contributed by atoms with E-state index in [-0.39, 0.29) is 17.9 Å². The summed E-state index contributed by atoms with van der Waals surface area (Å²) in [4.78, 5) is 19.7. The molecule has 2 aromatic rings. The molecule has 1 amide bonds. The fourth-order valence-electron chi connectivity index (χ4n) is 3.72. The predicted molar refractivity (Wildman–Crippen MR) is 101 cm³/mol. The van der Waals surface area contributed by atoms with E-state index >= 15 is 0 Å². The molecule has 1 aromatic heterocycles. The number of aryl methyl sites for hydroxylation is 1. The number of thiazole rings is 1. The van der Waals surface area contributed by atoms with Gasteiger partial charge in [-0.15, -0.1) is 0 Å². The van der Waals surface area contributed by atoms with Crippen LogP contribution in [0.4, 0.5) is 5.13 Å². The Morgan fingerprint density at radius 3 is 3.00 bits per heavy atom. The quantitative estimate of drug-likeness (QED) is 0.912. The van der Waals surface area contributed by atoms with Gasteiger partial charge in [-0.25, -0.2) is 4.98 Å². The Morgan fingerprint density at radius 2 is 2.20 bits per heavy atom. The maximum atomic E-state index is 12.6. The molecule has 6 heteroatoms. The Balaban J connectivity index is 1.42. The number of fused-ring (bicyclic) bond motifs is 1. The number of anilines is 1. The smallest absolute Gasteiger partial charge is 0.225 e. The van der Waals surface area contributed by atoms with E-state index < -0.39 is 0 Å². The SMILES string of the molecule is CCc1cccc2sc(N3CCC(C(=O)NC4CCOCC4)C3)nc12. The van der Waals surface area contributed by atoms with Gasteiger partial charge in [0, 0.05) is 32.3 Å². The lowest BCUT2D eigenvalue weighted by molar-refractivity contribution is -0.125. The van der Waals surface area contributed by atoms with Crippen LogP contribution in [0.25, 0.3) is 10.2 Å². The average molecular weight is 359 g/mol. The first-order chi connectivity index (χ1) is 12.2. The van der Waals surface area contributed by atoms with Crippen molar-refractivity contribution < 1.29 is 9.53 Å². The third-order valence-corrected chi connectivity index (χ3v) is 6.35. The molecule has 0 spiro atoms. The maximum Gasteiger partial charge on any atom is 0.225 e. The van der Waals surface area contributed by atoms with Gasteiger partial charge in [-0.05, 0) is 37.3 Å². The molecule has 4 rings (SSSR count). The monoisotopic (exact) mass is 359 g/mol. The Hall–Kier alpha value is -1.66. The Kier molecular flexibility index (Phi) is 4.90. The summed E-state index contributed by atoms with van der Waals surface area (Å²) in [5.74, 6) is 0.269. The number of ether oxygens (including phenoxy) is 1. The summed E-state index contributed by atoms with van der Waals surface area (Å²) in [5, 5.41) is 4.27. The van der Waals surface area contributed by atoms with Crippen molar-refractivity contribution in [1.82, 2.24) is 10.3 Å². The van der Waals surface area contributed by atoms with E-state index in [1.54, 1.807) is 11.3 Å². The molecule has 2 fully saturated rings. The molecule has 1 aromatic carbocycles. The van der Waals surface area contributed by atoms with Gasteiger partial charge in [0.25, 0.3) is 0 Å². The van der Waals surface area contributed by atoms with Crippen molar-refractivity contribution in [3.05, 3.63) is 23.8 Å². The van der Waals surface area contributed by atoms with Crippen LogP contribution in [-0.4, -0.2) is 43.2 Å². The molecule has 25 heavy (non-hydrogen) atoms. The molecule has 2 saturated heterocycles. The van der Waals surface area contributed by atoms with Gasteiger partial charge in [0.1, 0.15) is 0 Å². The molecule has 1 atom stereocenters. The van der Waals surface area contributed by atoms with E-state index in [0.29, 0.717) is 0 Å². The highest BCUT2D eigenvalue weighted by Gasteiger charge is 2.31. The molecule has 2 aliphatic rings. The molecule has 3 heterocycles. The van der Waals surface area contributed by atoms with Crippen LogP contribution in [0.1, 0.15) is 31.7 Å². The van der Waals surface area contributed by atoms with Crippen molar-refractivity contribution >= 4 is 32.6 Å². The van der Waals surface area contributed by atoms with Crippen LogP contribution < -0.4 is 10.2 Å². The Labute approximate surface area is 152 Å². The summed E-state index contributed by atoms with van der Waals surface area (Å²) in [6.45, 7) is 5.37. The summed E-state index contributed by atoms with van der Waals surface area (Å²) in [7, 11) is 0. The first-order valence-corrected chi connectivity index (χ1v) is 10.1. The summed E-state index contributed by atoms with van der Waals surface area (Å²) in [6, 6.07) is 6.68. The standard InChI is InChI=1S/C19H25N3O2S/c1-2-13-4-3-5-16-17(13)21-19(25-16)22-9-6-14(12-22)18(23)20-15-7-10-24-11-8-15/h3-5,14-15H,2,6-12H2,1H3,(H,20,23). The van der Waals surface area contributed by atoms with E-state index in [1.807, 2.05) is 0 Å². The first-order valence-electron chi connectivity index (χ1n) is 9.26. The van der Waals surface area contributed by atoms with Crippen LogP contribution in [0.15, 0.2) is 18.2 Å². The molecule has 0 bridgehead atoms. The fourth-order valence-corrected chi connectivity index (χ4v) is 4.77. The number of hydrogen-bond acceptors (Lipinski definition) is 5. The second-order valence-electron chi connectivity index (χ2n) is 6.94. The number of hydrogen-bond donors (Lipinski definition) is 1. The number of aromatic nitrogens is 1. The van der Waals surface area contributed by atoms with E-state index in [2.05, 4.69) is 35.3 Å². The van der Waals surface area contributed by atoms with Gasteiger partial charge in [0.05, 0.1) is 16.1 Å². The second-order valence-corrected chi connectivity index (χ2v) is 7.95. The average Bonchev–Trinajstić information content (AvgIpc) is 3.29. The van der Waals surface area contributed by atoms with E-state index in [4.69, 9.17) is 9.72 Å². The second kappa shape index (κ2) is 7.30. The Morgan fingerprint density at radius 1 is 1.36 bits per heavy atom. The lowest BCUT2D eigenvalue weighted by Gasteiger charge is -2.24. The van der Waals surface area contributed by atoms with E-state index in [1.165, 1.54) is 10.3 Å². The van der Waals surface area contributed by atoms with Crippen molar-refractivity contribution in [2.75, 3.05) is 31.2 Å². The summed E-state index contributed by atoms with van der Waals surface area (Å²) >= 11 is 1.74. The molecule has 134 valence electrons. The summed E-state index contributed by atoms with van der Waals surface area (Å²) in [6.07, 6.45) is 3.77. The van der Waals surface area contributed by atoms with Gasteiger partial charge >= 0.3 is 0 Å². The minimum Gasteiger partial charge on any atom is -0.381 e. The zero-order valence-corrected chi connectivity index (χ0v) is 15.5. The number of rotatable bonds is 4. The molecule has 2 aliphatic heterocycles. The number of carbonyl (C=O) groups excluding carboxylic acids is 1. The molecule has 5 nitrogen and oxygen atoms in total. The number of carbonyl (C=O) groups is 1. The molecule has 0 aliphatic carbocycles. The molecular weight excluding hydrogens is 334 g/mol. The minimum atomic E-state index is 0.0699. The van der Waals surface area contributed by atoms with Crippen LogP contribution >= 0.6 is 11.3 Å². The van der Waals surface area contributed by atoms with Gasteiger partial charge in [0.2, 0.25) is 5.91 Å². The normalized spacial score (nSPS) is 21.8. The summed E-state index contributed by atoms with van der Waals surface area (Å²) in [5.41, 5.74) is 2.42. The molecule has 1 N–H and O–H groups in total. The van der Waals surface area contributed by atoms with Gasteiger partial charge in [-0.3, -0.25) is 4.79 Å². The Bertz CT molecular complexity index is 754. The highest BCUT2D eigenvalue weighted by atomic mass is 32.1. The van der Waals surface area contributed by atoms with Crippen LogP contribution in [0.2, 0.25) is 0 Å². The van der Waals surface area contributed by atoms with Gasteiger partial charge in [0.15, 0.2) is 5.13 Å². The summed E-state index contributed by atoms with van der Waals surface area (Å²) < 4.78 is 6.60. The number of nitrogens with one attached hydrogen (secondary N) is 1. The molecular formula is C19H25N3O2S. The lowest BCUT2D eigenvalue weighted by Crippen LogP contribution is -2.42. The van der Waals surface area contributed by atoms with Crippen LogP contribution in [0, 0.1) is 5.92 Å². The number of amides is 1. The van der Waals surface area contributed by atoms with Gasteiger partial charge < -0.3 is 15.0 Å². The molecule has 0 radical (unpaired) electrons. The first kappa shape index (κ1) is 16.8. The minimum absolute atomic E-state index is 0.0699. The number of para-hydroxylation sites is 1. The topological polar surface area (TPSA) is 54.5 Å². The zero-order valence-electron chi connectivity index (χ0n) is 14.7. The van der Waals surface area contributed by atoms with Crippen molar-refractivity contribution in [3.63, 3.8) is 0 Å². The van der Waals surface area contributed by atoms with E-state index in [0.717, 1.165) is 62.6 Å². The lowest BCUT2D eigenvalue weighted by atomic mass is 10.1. The predicted octanol–water partition coefficient (Wildman–Crippen LogP) is 2.98. The fraction of sp³-hybridized carbons (Fsp3) is 0.579. The van der Waals surface area contributed by atoms with E-state index in [9.17, 15) is 4.79 Å². The van der Waals surface area contributed by atoms with Crippen molar-refractivity contribution in [3.8, 4) is 0 Å². The largest absolute Gasteiger partial charge is 0.381 e. The highest BCUT2D eigenvalue weighted by Crippen LogP contribution is 2.33. The highest BCUT2D eigenvalue weighted by molar-refractivity contribution is 7.22. The number of benzene rings is 1. The maximum absolute atomic E-state index is 12.6. The zero-order chi connectivity index (χ0) is 17.2. The number of nitrogens with zero attached hydrogens (tertiary/aromatic N) is 2.